The number of rotatable bonds is 5. The van der Waals surface area contributed by atoms with Crippen LogP contribution in [0.2, 0.25) is 0 Å². The average Bonchev–Trinajstić information content (AvgIpc) is 3.15. The molecule has 1 aromatic carbocycles. The van der Waals surface area contributed by atoms with Gasteiger partial charge in [0.2, 0.25) is 0 Å². The number of nitrogens with one attached hydrogen (secondary N) is 1. The number of halogens is 1. The number of ether oxygens (including phenoxy) is 1. The molecule has 0 unspecified atom stereocenters. The van der Waals surface area contributed by atoms with Gasteiger partial charge < -0.3 is 14.5 Å². The topological polar surface area (TPSA) is 64.4 Å². The fraction of sp³-hybridized carbons (Fsp3) is 0.111. The number of nitrogens with zero attached hydrogens (tertiary/aromatic N) is 1. The molecular formula is C18H15BrN2O3. The minimum Gasteiger partial charge on any atom is -0.497 e. The smallest absolute Gasteiger partial charge is 0.252 e. The van der Waals surface area contributed by atoms with Crippen molar-refractivity contribution in [3.05, 3.63) is 70.7 Å². The highest BCUT2D eigenvalue weighted by atomic mass is 79.9. The Morgan fingerprint density at radius 1 is 1.29 bits per heavy atom. The van der Waals surface area contributed by atoms with Crippen LogP contribution in [0, 0.1) is 0 Å². The van der Waals surface area contributed by atoms with Gasteiger partial charge in [-0.25, -0.2) is 0 Å². The van der Waals surface area contributed by atoms with Gasteiger partial charge in [-0.1, -0.05) is 0 Å². The third-order valence-corrected chi connectivity index (χ3v) is 4.16. The van der Waals surface area contributed by atoms with Crippen molar-refractivity contribution in [2.45, 2.75) is 6.54 Å². The standard InChI is InChI=1S/C18H15BrN2O3/c1-23-14-4-5-16(19)15(8-14)18(22)21-10-12-7-13(11-20-9-12)17-3-2-6-24-17/h2-9,11H,10H2,1H3,(H,21,22). The van der Waals surface area contributed by atoms with Crippen molar-refractivity contribution in [1.82, 2.24) is 10.3 Å². The maximum absolute atomic E-state index is 12.4. The van der Waals surface area contributed by atoms with Crippen molar-refractivity contribution in [3.63, 3.8) is 0 Å². The lowest BCUT2D eigenvalue weighted by Gasteiger charge is -2.09. The first-order valence-electron chi connectivity index (χ1n) is 7.27. The second-order valence-electron chi connectivity index (χ2n) is 5.09. The summed E-state index contributed by atoms with van der Waals surface area (Å²) in [5, 5.41) is 2.88. The van der Waals surface area contributed by atoms with Crippen LogP contribution in [-0.4, -0.2) is 18.0 Å². The lowest BCUT2D eigenvalue weighted by molar-refractivity contribution is 0.0949. The van der Waals surface area contributed by atoms with Crippen LogP contribution in [0.4, 0.5) is 0 Å². The molecule has 24 heavy (non-hydrogen) atoms. The number of carbonyl (C=O) groups excluding carboxylic acids is 1. The average molecular weight is 387 g/mol. The van der Waals surface area contributed by atoms with E-state index in [-0.39, 0.29) is 5.91 Å². The summed E-state index contributed by atoms with van der Waals surface area (Å²) in [4.78, 5) is 16.6. The van der Waals surface area contributed by atoms with Crippen molar-refractivity contribution >= 4 is 21.8 Å². The van der Waals surface area contributed by atoms with E-state index < -0.39 is 0 Å². The van der Waals surface area contributed by atoms with Crippen LogP contribution in [0.1, 0.15) is 15.9 Å². The molecule has 0 saturated heterocycles. The summed E-state index contributed by atoms with van der Waals surface area (Å²) in [6.07, 6.45) is 5.06. The Bertz CT molecular complexity index is 847. The molecule has 0 aliphatic rings. The van der Waals surface area contributed by atoms with Crippen LogP contribution in [0.5, 0.6) is 5.75 Å². The van der Waals surface area contributed by atoms with Crippen LogP contribution in [0.3, 0.4) is 0 Å². The first-order valence-corrected chi connectivity index (χ1v) is 8.06. The Kier molecular flexibility index (Phi) is 4.96. The van der Waals surface area contributed by atoms with Gasteiger partial charge in [-0.3, -0.25) is 9.78 Å². The van der Waals surface area contributed by atoms with Gasteiger partial charge in [0, 0.05) is 29.0 Å². The van der Waals surface area contributed by atoms with Gasteiger partial charge in [-0.05, 0) is 57.9 Å². The van der Waals surface area contributed by atoms with E-state index in [1.807, 2.05) is 18.2 Å². The molecular weight excluding hydrogens is 372 g/mol. The van der Waals surface area contributed by atoms with Crippen LogP contribution in [0.15, 0.2) is 63.9 Å². The van der Waals surface area contributed by atoms with Crippen molar-refractivity contribution in [3.8, 4) is 17.1 Å². The Morgan fingerprint density at radius 3 is 2.92 bits per heavy atom. The zero-order valence-corrected chi connectivity index (χ0v) is 14.5. The van der Waals surface area contributed by atoms with E-state index in [2.05, 4.69) is 26.2 Å². The van der Waals surface area contributed by atoms with Crippen molar-refractivity contribution in [1.29, 1.82) is 0 Å². The molecule has 0 aliphatic carbocycles. The second kappa shape index (κ2) is 7.31. The number of pyridine rings is 1. The third-order valence-electron chi connectivity index (χ3n) is 3.47. The molecule has 1 N–H and O–H groups in total. The first kappa shape index (κ1) is 16.3. The summed E-state index contributed by atoms with van der Waals surface area (Å²) >= 11 is 3.38. The number of furan rings is 1. The Hall–Kier alpha value is -2.60. The Labute approximate surface area is 147 Å². The van der Waals surface area contributed by atoms with Gasteiger partial charge in [0.05, 0.1) is 18.9 Å². The quantitative estimate of drug-likeness (QED) is 0.718. The zero-order valence-electron chi connectivity index (χ0n) is 13.0. The van der Waals surface area contributed by atoms with E-state index in [1.165, 1.54) is 0 Å². The van der Waals surface area contributed by atoms with Crippen molar-refractivity contribution in [2.75, 3.05) is 7.11 Å². The number of methoxy groups -OCH3 is 1. The summed E-state index contributed by atoms with van der Waals surface area (Å²) in [6.45, 7) is 0.365. The molecule has 0 atom stereocenters. The molecule has 5 nitrogen and oxygen atoms in total. The normalized spacial score (nSPS) is 10.4. The molecule has 3 aromatic rings. The maximum Gasteiger partial charge on any atom is 0.252 e. The molecule has 6 heteroatoms. The third kappa shape index (κ3) is 3.65. The summed E-state index contributed by atoms with van der Waals surface area (Å²) in [5.41, 5.74) is 2.27. The zero-order chi connectivity index (χ0) is 16.9. The number of aromatic nitrogens is 1. The van der Waals surface area contributed by atoms with Gasteiger partial charge in [0.15, 0.2) is 0 Å². The van der Waals surface area contributed by atoms with Crippen molar-refractivity contribution < 1.29 is 13.9 Å². The predicted molar refractivity (Wildman–Crippen MR) is 93.8 cm³/mol. The van der Waals surface area contributed by atoms with Crippen LogP contribution >= 0.6 is 15.9 Å². The highest BCUT2D eigenvalue weighted by Gasteiger charge is 2.11. The molecule has 0 bridgehead atoms. The molecule has 0 aliphatic heterocycles. The summed E-state index contributed by atoms with van der Waals surface area (Å²) in [6, 6.07) is 10.9. The van der Waals surface area contributed by atoms with Crippen LogP contribution in [0.25, 0.3) is 11.3 Å². The number of hydrogen-bond donors (Lipinski definition) is 1. The number of carbonyl (C=O) groups is 1. The van der Waals surface area contributed by atoms with E-state index in [0.717, 1.165) is 16.9 Å². The van der Waals surface area contributed by atoms with Crippen LogP contribution in [-0.2, 0) is 6.54 Å². The van der Waals surface area contributed by atoms with Gasteiger partial charge in [0.25, 0.3) is 5.91 Å². The van der Waals surface area contributed by atoms with Gasteiger partial charge in [-0.2, -0.15) is 0 Å². The molecule has 1 amide bonds. The minimum absolute atomic E-state index is 0.191. The van der Waals surface area contributed by atoms with Crippen molar-refractivity contribution in [2.24, 2.45) is 0 Å². The minimum atomic E-state index is -0.191. The number of amides is 1. The Morgan fingerprint density at radius 2 is 2.17 bits per heavy atom. The van der Waals surface area contributed by atoms with Gasteiger partial charge in [-0.15, -0.1) is 0 Å². The molecule has 0 radical (unpaired) electrons. The molecule has 0 fully saturated rings. The summed E-state index contributed by atoms with van der Waals surface area (Å²) in [7, 11) is 1.57. The van der Waals surface area contributed by atoms with Gasteiger partial charge >= 0.3 is 0 Å². The lowest BCUT2D eigenvalue weighted by atomic mass is 10.1. The SMILES string of the molecule is COc1ccc(Br)c(C(=O)NCc2cncc(-c3ccco3)c2)c1. The monoisotopic (exact) mass is 386 g/mol. The molecule has 2 aromatic heterocycles. The summed E-state index contributed by atoms with van der Waals surface area (Å²) in [5.74, 6) is 1.18. The fourth-order valence-corrected chi connectivity index (χ4v) is 2.67. The highest BCUT2D eigenvalue weighted by molar-refractivity contribution is 9.10. The van der Waals surface area contributed by atoms with E-state index in [1.54, 1.807) is 44.0 Å². The molecule has 0 spiro atoms. The van der Waals surface area contributed by atoms with Crippen LogP contribution < -0.4 is 10.1 Å². The van der Waals surface area contributed by atoms with E-state index in [0.29, 0.717) is 22.3 Å². The Balaban J connectivity index is 1.72. The molecule has 3 rings (SSSR count). The molecule has 122 valence electrons. The highest BCUT2D eigenvalue weighted by Crippen LogP contribution is 2.23. The molecule has 0 saturated carbocycles. The maximum atomic E-state index is 12.4. The predicted octanol–water partition coefficient (Wildman–Crippen LogP) is 4.04. The first-order chi connectivity index (χ1) is 11.7. The largest absolute Gasteiger partial charge is 0.497 e. The van der Waals surface area contributed by atoms with E-state index in [9.17, 15) is 4.79 Å². The van der Waals surface area contributed by atoms with E-state index in [4.69, 9.17) is 9.15 Å². The fourth-order valence-electron chi connectivity index (χ4n) is 2.24. The second-order valence-corrected chi connectivity index (χ2v) is 5.94. The van der Waals surface area contributed by atoms with Gasteiger partial charge in [0.1, 0.15) is 11.5 Å². The van der Waals surface area contributed by atoms with E-state index >= 15 is 0 Å². The summed E-state index contributed by atoms with van der Waals surface area (Å²) < 4.78 is 11.2. The number of hydrogen-bond acceptors (Lipinski definition) is 4. The molecule has 2 heterocycles. The lowest BCUT2D eigenvalue weighted by Crippen LogP contribution is -2.23. The number of benzene rings is 1.